The van der Waals surface area contributed by atoms with Crippen LogP contribution in [0.2, 0.25) is 5.02 Å². The third-order valence-corrected chi connectivity index (χ3v) is 4.76. The predicted octanol–water partition coefficient (Wildman–Crippen LogP) is 4.72. The first kappa shape index (κ1) is 18.4. The molecule has 0 aliphatic rings. The highest BCUT2D eigenvalue weighted by molar-refractivity contribution is 6.30. The maximum atomic E-state index is 14.6. The number of aliphatic hydroxyl groups is 1. The van der Waals surface area contributed by atoms with Crippen molar-refractivity contribution in [2.75, 3.05) is 6.61 Å². The lowest BCUT2D eigenvalue weighted by Gasteiger charge is -2.32. The van der Waals surface area contributed by atoms with Crippen molar-refractivity contribution in [1.82, 2.24) is 0 Å². The van der Waals surface area contributed by atoms with Gasteiger partial charge in [-0.25, -0.2) is 4.39 Å². The van der Waals surface area contributed by atoms with Crippen LogP contribution in [-0.4, -0.2) is 22.8 Å². The van der Waals surface area contributed by atoms with E-state index in [1.807, 2.05) is 6.92 Å². The van der Waals surface area contributed by atoms with E-state index in [4.69, 9.17) is 11.6 Å². The highest BCUT2D eigenvalue weighted by atomic mass is 35.5. The molecule has 0 aliphatic heterocycles. The van der Waals surface area contributed by atoms with Gasteiger partial charge >= 0.3 is 5.97 Å². The van der Waals surface area contributed by atoms with Gasteiger partial charge < -0.3 is 10.2 Å². The Morgan fingerprint density at radius 2 is 2.00 bits per heavy atom. The van der Waals surface area contributed by atoms with Crippen molar-refractivity contribution < 1.29 is 19.4 Å². The Morgan fingerprint density at radius 3 is 2.50 bits per heavy atom. The number of aliphatic hydroxyl groups excluding tert-OH is 1. The molecular formula is C19H20ClFO3. The monoisotopic (exact) mass is 350 g/mol. The van der Waals surface area contributed by atoms with E-state index in [1.165, 1.54) is 13.0 Å². The molecule has 2 aromatic rings. The van der Waals surface area contributed by atoms with Crippen LogP contribution < -0.4 is 0 Å². The van der Waals surface area contributed by atoms with E-state index in [-0.39, 0.29) is 0 Å². The van der Waals surface area contributed by atoms with Gasteiger partial charge in [0.25, 0.3) is 0 Å². The lowest BCUT2D eigenvalue weighted by atomic mass is 9.72. The molecule has 24 heavy (non-hydrogen) atoms. The summed E-state index contributed by atoms with van der Waals surface area (Å²) in [6.07, 6.45) is 0.472. The van der Waals surface area contributed by atoms with Gasteiger partial charge in [-0.3, -0.25) is 4.79 Å². The molecule has 0 saturated carbocycles. The van der Waals surface area contributed by atoms with Gasteiger partial charge in [-0.1, -0.05) is 42.8 Å². The maximum Gasteiger partial charge on any atom is 0.312 e. The summed E-state index contributed by atoms with van der Waals surface area (Å²) in [6.45, 7) is 2.79. The van der Waals surface area contributed by atoms with Crippen LogP contribution in [0.25, 0.3) is 11.1 Å². The summed E-state index contributed by atoms with van der Waals surface area (Å²) in [5.41, 5.74) is 0.248. The molecule has 0 heterocycles. The first-order valence-electron chi connectivity index (χ1n) is 7.73. The van der Waals surface area contributed by atoms with E-state index in [0.29, 0.717) is 28.1 Å². The topological polar surface area (TPSA) is 57.5 Å². The van der Waals surface area contributed by atoms with Crippen molar-refractivity contribution in [3.63, 3.8) is 0 Å². The van der Waals surface area contributed by atoms with Crippen LogP contribution in [0.3, 0.4) is 0 Å². The lowest BCUT2D eigenvalue weighted by Crippen LogP contribution is -2.37. The summed E-state index contributed by atoms with van der Waals surface area (Å²) in [6, 6.07) is 11.6. The van der Waals surface area contributed by atoms with E-state index in [2.05, 4.69) is 0 Å². The molecule has 3 nitrogen and oxygen atoms in total. The molecule has 0 saturated heterocycles. The highest BCUT2D eigenvalue weighted by Crippen LogP contribution is 2.39. The highest BCUT2D eigenvalue weighted by Gasteiger charge is 2.41. The fourth-order valence-corrected chi connectivity index (χ4v) is 3.21. The van der Waals surface area contributed by atoms with Crippen LogP contribution in [0.15, 0.2) is 42.5 Å². The number of carboxylic acid groups (broad SMARTS) is 1. The Morgan fingerprint density at radius 1 is 1.29 bits per heavy atom. The van der Waals surface area contributed by atoms with Crippen LogP contribution in [0, 0.1) is 11.2 Å². The fraction of sp³-hybridized carbons (Fsp3) is 0.316. The smallest absolute Gasteiger partial charge is 0.312 e. The van der Waals surface area contributed by atoms with E-state index in [0.717, 1.165) is 0 Å². The second-order valence-electron chi connectivity index (χ2n) is 6.09. The zero-order valence-electron chi connectivity index (χ0n) is 13.6. The number of hydrogen-bond donors (Lipinski definition) is 2. The van der Waals surface area contributed by atoms with E-state index in [1.54, 1.807) is 36.4 Å². The average Bonchev–Trinajstić information content (AvgIpc) is 2.55. The molecule has 2 unspecified atom stereocenters. The van der Waals surface area contributed by atoms with Crippen molar-refractivity contribution in [2.45, 2.75) is 26.2 Å². The van der Waals surface area contributed by atoms with E-state index < -0.39 is 29.7 Å². The molecule has 2 atom stereocenters. The molecule has 2 N–H and O–H groups in total. The summed E-state index contributed by atoms with van der Waals surface area (Å²) < 4.78 is 14.6. The van der Waals surface area contributed by atoms with Crippen LogP contribution in [0.4, 0.5) is 4.39 Å². The molecule has 128 valence electrons. The Balaban J connectivity index is 2.46. The summed E-state index contributed by atoms with van der Waals surface area (Å²) in [5, 5.41) is 19.5. The predicted molar refractivity (Wildman–Crippen MR) is 92.7 cm³/mol. The summed E-state index contributed by atoms with van der Waals surface area (Å²) in [4.78, 5) is 11.6. The molecule has 0 spiro atoms. The molecule has 0 bridgehead atoms. The minimum atomic E-state index is -1.36. The minimum Gasteiger partial charge on any atom is -0.481 e. The standard InChI is InChI=1S/C19H20ClFO3/c1-3-16(19(2,11-22)18(23)24)13-7-8-15(17(21)10-13)12-5-4-6-14(20)9-12/h4-10,16,22H,3,11H2,1-2H3,(H,23,24). The van der Waals surface area contributed by atoms with Crippen molar-refractivity contribution >= 4 is 17.6 Å². The SMILES string of the molecule is CCC(c1ccc(-c2cccc(Cl)c2)c(F)c1)C(C)(CO)C(=O)O. The van der Waals surface area contributed by atoms with Gasteiger partial charge in [0.1, 0.15) is 5.82 Å². The fourth-order valence-electron chi connectivity index (χ4n) is 3.02. The third-order valence-electron chi connectivity index (χ3n) is 4.53. The largest absolute Gasteiger partial charge is 0.481 e. The zero-order chi connectivity index (χ0) is 17.9. The number of benzene rings is 2. The average molecular weight is 351 g/mol. The van der Waals surface area contributed by atoms with Crippen LogP contribution in [-0.2, 0) is 4.79 Å². The van der Waals surface area contributed by atoms with Gasteiger partial charge in [-0.05, 0) is 42.7 Å². The number of aliphatic carboxylic acids is 1. The lowest BCUT2D eigenvalue weighted by molar-refractivity contribution is -0.152. The molecule has 0 aliphatic carbocycles. The molecule has 2 rings (SSSR count). The Hall–Kier alpha value is -1.91. The molecule has 0 aromatic heterocycles. The number of rotatable bonds is 6. The number of carboxylic acids is 1. The molecule has 0 amide bonds. The van der Waals surface area contributed by atoms with Crippen LogP contribution in [0.1, 0.15) is 31.7 Å². The zero-order valence-corrected chi connectivity index (χ0v) is 14.3. The number of hydrogen-bond acceptors (Lipinski definition) is 2. The van der Waals surface area contributed by atoms with Gasteiger partial charge in [-0.2, -0.15) is 0 Å². The summed E-state index contributed by atoms with van der Waals surface area (Å²) in [5.74, 6) is -2.04. The number of halogens is 2. The van der Waals surface area contributed by atoms with Gasteiger partial charge in [0.15, 0.2) is 0 Å². The molecule has 0 radical (unpaired) electrons. The van der Waals surface area contributed by atoms with Crippen molar-refractivity contribution in [2.24, 2.45) is 5.41 Å². The van der Waals surface area contributed by atoms with Gasteiger partial charge in [-0.15, -0.1) is 0 Å². The molecular weight excluding hydrogens is 331 g/mol. The maximum absolute atomic E-state index is 14.6. The second kappa shape index (κ2) is 7.32. The van der Waals surface area contributed by atoms with Gasteiger partial charge in [0.2, 0.25) is 0 Å². The summed E-state index contributed by atoms with van der Waals surface area (Å²) >= 11 is 5.95. The van der Waals surface area contributed by atoms with Crippen molar-refractivity contribution in [3.05, 3.63) is 58.9 Å². The van der Waals surface area contributed by atoms with Crippen LogP contribution in [0.5, 0.6) is 0 Å². The van der Waals surface area contributed by atoms with Crippen LogP contribution >= 0.6 is 11.6 Å². The van der Waals surface area contributed by atoms with E-state index >= 15 is 0 Å². The second-order valence-corrected chi connectivity index (χ2v) is 6.53. The van der Waals surface area contributed by atoms with Crippen molar-refractivity contribution in [3.8, 4) is 11.1 Å². The van der Waals surface area contributed by atoms with Crippen molar-refractivity contribution in [1.29, 1.82) is 0 Å². The van der Waals surface area contributed by atoms with Gasteiger partial charge in [0.05, 0.1) is 12.0 Å². The normalized spacial score (nSPS) is 14.9. The molecule has 2 aromatic carbocycles. The summed E-state index contributed by atoms with van der Waals surface area (Å²) in [7, 11) is 0. The van der Waals surface area contributed by atoms with Gasteiger partial charge in [0, 0.05) is 16.5 Å². The molecule has 5 heteroatoms. The third kappa shape index (κ3) is 3.45. The quantitative estimate of drug-likeness (QED) is 0.792. The first-order valence-corrected chi connectivity index (χ1v) is 8.11. The van der Waals surface area contributed by atoms with E-state index in [9.17, 15) is 19.4 Å². The Labute approximate surface area is 145 Å². The minimum absolute atomic E-state index is 0.400. The molecule has 0 fully saturated rings. The number of carbonyl (C=O) groups is 1. The Bertz CT molecular complexity index is 747. The first-order chi connectivity index (χ1) is 11.3. The Kier molecular flexibility index (Phi) is 5.62.